The monoisotopic (exact) mass is 276 g/mol. The molecule has 0 bridgehead atoms. The van der Waals surface area contributed by atoms with Gasteiger partial charge in [0.1, 0.15) is 0 Å². The molecule has 1 atom stereocenters. The molecule has 0 spiro atoms. The summed E-state index contributed by atoms with van der Waals surface area (Å²) in [5.74, 6) is 0. The molecule has 0 fully saturated rings. The maximum absolute atomic E-state index is 11.4. The minimum absolute atomic E-state index is 0. The summed E-state index contributed by atoms with van der Waals surface area (Å²) in [7, 11) is 0. The van der Waals surface area contributed by atoms with Gasteiger partial charge in [-0.15, -0.1) is 11.4 Å². The first-order valence-corrected chi connectivity index (χ1v) is 7.63. The Labute approximate surface area is 94.2 Å². The van der Waals surface area contributed by atoms with Crippen molar-refractivity contribution in [1.29, 1.82) is 0 Å². The summed E-state index contributed by atoms with van der Waals surface area (Å²) in [5, 5.41) is 0.261. The van der Waals surface area contributed by atoms with Crippen LogP contribution in [0.1, 0.15) is 27.7 Å². The molecule has 1 unspecified atom stereocenters. The van der Waals surface area contributed by atoms with Crippen molar-refractivity contribution in [3.05, 3.63) is 0 Å². The van der Waals surface area contributed by atoms with Crippen LogP contribution in [0, 0.1) is 0 Å². The van der Waals surface area contributed by atoms with Gasteiger partial charge in [0.15, 0.2) is 0 Å². The first-order chi connectivity index (χ1) is 4.83. The second kappa shape index (κ2) is 6.83. The molecule has 0 aromatic heterocycles. The molecule has 0 aliphatic heterocycles. The van der Waals surface area contributed by atoms with Gasteiger partial charge in [-0.25, -0.2) is 0 Å². The summed E-state index contributed by atoms with van der Waals surface area (Å²) in [6.07, 6.45) is -0.0513. The van der Waals surface area contributed by atoms with E-state index < -0.39 is 5.69 Å². The first-order valence-electron chi connectivity index (χ1n) is 3.51. The Bertz CT molecular complexity index is 150. The molecule has 2 nitrogen and oxygen atoms in total. The number of hydrogen-bond acceptors (Lipinski definition) is 4. The van der Waals surface area contributed by atoms with Crippen LogP contribution in [0.5, 0.6) is 0 Å². The van der Waals surface area contributed by atoms with Gasteiger partial charge in [0.25, 0.3) is 0 Å². The molecule has 78 valence electrons. The Hall–Kier alpha value is 1.44. The summed E-state index contributed by atoms with van der Waals surface area (Å²) in [6, 6.07) is 0. The molecule has 0 heterocycles. The molecule has 0 aliphatic carbocycles. The maximum Gasteiger partial charge on any atom is 1.00 e. The predicted molar refractivity (Wildman–Crippen MR) is 53.2 cm³/mol. The molecule has 0 amide bonds. The second-order valence-electron chi connectivity index (χ2n) is 2.76. The molecule has 0 radical (unpaired) electrons. The van der Waals surface area contributed by atoms with E-state index in [1.165, 1.54) is 11.4 Å². The summed E-state index contributed by atoms with van der Waals surface area (Å²) in [6.45, 7) is 7.57. The van der Waals surface area contributed by atoms with E-state index in [0.29, 0.717) is 0 Å². The van der Waals surface area contributed by atoms with Crippen molar-refractivity contribution in [2.24, 2.45) is 0 Å². The average Bonchev–Trinajstić information content (AvgIpc) is 1.53. The van der Waals surface area contributed by atoms with Crippen LogP contribution in [0.25, 0.3) is 0 Å². The fourth-order valence-electron chi connectivity index (χ4n) is 0.541. The first kappa shape index (κ1) is 15.9. The Kier molecular flexibility index (Phi) is 9.04. The van der Waals surface area contributed by atoms with Gasteiger partial charge in [-0.1, -0.05) is 25.7 Å². The summed E-state index contributed by atoms with van der Waals surface area (Å²) < 4.78 is 5.08. The van der Waals surface area contributed by atoms with E-state index in [2.05, 4.69) is 0 Å². The van der Waals surface area contributed by atoms with Crippen LogP contribution in [0.3, 0.4) is 0 Å². The Morgan fingerprint density at radius 3 is 2.00 bits per heavy atom. The number of rotatable bonds is 4. The molecule has 0 saturated heterocycles. The van der Waals surface area contributed by atoms with Crippen LogP contribution in [-0.2, 0) is 33.4 Å². The van der Waals surface area contributed by atoms with Gasteiger partial charge < -0.3 is 9.42 Å². The third kappa shape index (κ3) is 9.53. The second-order valence-corrected chi connectivity index (χ2v) is 9.22. The van der Waals surface area contributed by atoms with Crippen molar-refractivity contribution in [3.63, 3.8) is 0 Å². The van der Waals surface area contributed by atoms with Crippen molar-refractivity contribution in [2.45, 2.75) is 39.0 Å². The van der Waals surface area contributed by atoms with E-state index >= 15 is 0 Å². The number of hydrogen-bond donors (Lipinski definition) is 0. The summed E-state index contributed by atoms with van der Waals surface area (Å²) in [4.78, 5) is 11.4. The zero-order chi connectivity index (χ0) is 9.07. The minimum atomic E-state index is -2.80. The van der Waals surface area contributed by atoms with Crippen LogP contribution >= 0.6 is 17.1 Å². The third-order valence-corrected chi connectivity index (χ3v) is 5.37. The summed E-state index contributed by atoms with van der Waals surface area (Å²) >= 11 is 6.03. The zero-order valence-corrected chi connectivity index (χ0v) is 11.0. The van der Waals surface area contributed by atoms with E-state index in [0.717, 1.165) is 0 Å². The van der Waals surface area contributed by atoms with E-state index in [-0.39, 0.29) is 28.4 Å². The Morgan fingerprint density at radius 1 is 1.33 bits per heavy atom. The van der Waals surface area contributed by atoms with Crippen molar-refractivity contribution in [2.75, 3.05) is 0 Å². The molecule has 0 rings (SSSR count). The predicted octanol–water partition coefficient (Wildman–Crippen LogP) is 2.14. The van der Waals surface area contributed by atoms with Crippen LogP contribution in [0.2, 0.25) is 0 Å². The fraction of sp³-hybridized carbons (Fsp3) is 1.00. The SMILES string of the molecule is CC(C)OP([O-])(=S)SC(C)C.[Cu+]. The van der Waals surface area contributed by atoms with Crippen LogP contribution in [0.15, 0.2) is 0 Å². The molecule has 12 heavy (non-hydrogen) atoms. The van der Waals surface area contributed by atoms with Crippen molar-refractivity contribution < 1.29 is 26.5 Å². The average molecular weight is 277 g/mol. The smallest absolute Gasteiger partial charge is 0.793 e. The molecule has 0 aromatic carbocycles. The molecular formula is C6H14CuO2PS2. The Balaban J connectivity index is 0. The summed E-state index contributed by atoms with van der Waals surface area (Å²) in [5.41, 5.74) is -2.80. The van der Waals surface area contributed by atoms with E-state index in [9.17, 15) is 4.89 Å². The molecular weight excluding hydrogens is 263 g/mol. The zero-order valence-electron chi connectivity index (χ0n) is 7.54. The minimum Gasteiger partial charge on any atom is -0.793 e. The largest absolute Gasteiger partial charge is 1.00 e. The van der Waals surface area contributed by atoms with Crippen molar-refractivity contribution >= 4 is 28.9 Å². The van der Waals surface area contributed by atoms with Gasteiger partial charge >= 0.3 is 17.1 Å². The molecule has 0 saturated carbocycles. The standard InChI is InChI=1S/C6H15O2PS2.Cu/c1-5(2)8-9(7,10)11-6(3)4;/h5-6H,1-4H3,(H,7,10);/q;+1/p-1. The van der Waals surface area contributed by atoms with Crippen molar-refractivity contribution in [3.8, 4) is 0 Å². The normalized spacial score (nSPS) is 15.9. The van der Waals surface area contributed by atoms with Gasteiger partial charge in [-0.2, -0.15) is 0 Å². The molecule has 0 aliphatic rings. The molecule has 0 aromatic rings. The van der Waals surface area contributed by atoms with Gasteiger partial charge in [0.05, 0.1) is 6.10 Å². The van der Waals surface area contributed by atoms with Crippen LogP contribution < -0.4 is 4.89 Å². The maximum atomic E-state index is 11.4. The van der Waals surface area contributed by atoms with Gasteiger partial charge in [0.2, 0.25) is 0 Å². The van der Waals surface area contributed by atoms with E-state index in [4.69, 9.17) is 16.3 Å². The van der Waals surface area contributed by atoms with Gasteiger partial charge in [0, 0.05) is 10.9 Å². The quantitative estimate of drug-likeness (QED) is 0.582. The van der Waals surface area contributed by atoms with Crippen LogP contribution in [0.4, 0.5) is 0 Å². The third-order valence-electron chi connectivity index (χ3n) is 0.680. The van der Waals surface area contributed by atoms with Gasteiger partial charge in [-0.3, -0.25) is 0 Å². The van der Waals surface area contributed by atoms with Gasteiger partial charge in [-0.05, 0) is 13.8 Å². The van der Waals surface area contributed by atoms with E-state index in [1.807, 2.05) is 27.7 Å². The van der Waals surface area contributed by atoms with Crippen molar-refractivity contribution in [1.82, 2.24) is 0 Å². The Morgan fingerprint density at radius 2 is 1.75 bits per heavy atom. The van der Waals surface area contributed by atoms with E-state index in [1.54, 1.807) is 0 Å². The van der Waals surface area contributed by atoms with Crippen LogP contribution in [-0.4, -0.2) is 11.4 Å². The molecule has 6 heteroatoms. The molecule has 0 N–H and O–H groups in total. The topological polar surface area (TPSA) is 32.3 Å². The fourth-order valence-corrected chi connectivity index (χ4v) is 5.90.